The number of carbonyl (C=O) groups excluding carboxylic acids is 1. The molecule has 0 amide bonds. The fourth-order valence-electron chi connectivity index (χ4n) is 7.16. The summed E-state index contributed by atoms with van der Waals surface area (Å²) in [7, 11) is 0. The van der Waals surface area contributed by atoms with Crippen LogP contribution < -0.4 is 9.64 Å². The first kappa shape index (κ1) is 29.8. The standard InChI is InChI=1S/C44H37NO3/c1-2-47-43(46)41-30-35-29-34(33-17-15-32(16-18-33)31-11-5-3-6-12-31)19-24-39(35)42-40(41)25-26-44(48-42,36-13-7-4-8-14-36)37-20-22-38(23-21-37)45-27-9-10-28-45/h3-8,11-26,29-30H,2,9-10,27-28H2,1H3. The largest absolute Gasteiger partial charge is 0.472 e. The summed E-state index contributed by atoms with van der Waals surface area (Å²) in [4.78, 5) is 15.9. The van der Waals surface area contributed by atoms with Gasteiger partial charge in [-0.15, -0.1) is 0 Å². The lowest BCUT2D eigenvalue weighted by atomic mass is 9.82. The van der Waals surface area contributed by atoms with Gasteiger partial charge < -0.3 is 14.4 Å². The van der Waals surface area contributed by atoms with Crippen LogP contribution in [0.5, 0.6) is 5.75 Å². The van der Waals surface area contributed by atoms with Crippen molar-refractivity contribution in [3.8, 4) is 28.0 Å². The Morgan fingerprint density at radius 2 is 1.31 bits per heavy atom. The molecular weight excluding hydrogens is 590 g/mol. The molecule has 1 unspecified atom stereocenters. The fraction of sp³-hybridized carbons (Fsp3) is 0.159. The fourth-order valence-corrected chi connectivity index (χ4v) is 7.16. The number of ether oxygens (including phenoxy) is 2. The van der Waals surface area contributed by atoms with Crippen LogP contribution in [0.2, 0.25) is 0 Å². The molecule has 2 aliphatic heterocycles. The second kappa shape index (κ2) is 12.5. The van der Waals surface area contributed by atoms with E-state index in [1.165, 1.54) is 29.7 Å². The van der Waals surface area contributed by atoms with Gasteiger partial charge in [0, 0.05) is 40.9 Å². The van der Waals surface area contributed by atoms with Gasteiger partial charge in [0.2, 0.25) is 0 Å². The van der Waals surface area contributed by atoms with Crippen LogP contribution >= 0.6 is 0 Å². The summed E-state index contributed by atoms with van der Waals surface area (Å²) in [5.41, 5.74) is 8.16. The third-order valence-corrected chi connectivity index (χ3v) is 9.67. The molecule has 0 spiro atoms. The molecule has 0 saturated carbocycles. The van der Waals surface area contributed by atoms with Crippen LogP contribution in [0.1, 0.15) is 46.8 Å². The molecule has 6 aromatic carbocycles. The quantitative estimate of drug-likeness (QED) is 0.165. The highest BCUT2D eigenvalue weighted by molar-refractivity contribution is 6.05. The molecule has 2 heterocycles. The number of carbonyl (C=O) groups is 1. The second-order valence-electron chi connectivity index (χ2n) is 12.5. The summed E-state index contributed by atoms with van der Waals surface area (Å²) in [6, 6.07) is 46.5. The number of fused-ring (bicyclic) bond motifs is 3. The Kier molecular flexibility index (Phi) is 7.78. The second-order valence-corrected chi connectivity index (χ2v) is 12.5. The first-order valence-electron chi connectivity index (χ1n) is 16.9. The lowest BCUT2D eigenvalue weighted by Crippen LogP contribution is -2.34. The van der Waals surface area contributed by atoms with Crippen LogP contribution in [-0.4, -0.2) is 25.7 Å². The first-order chi connectivity index (χ1) is 23.6. The zero-order chi connectivity index (χ0) is 32.5. The average molecular weight is 628 g/mol. The molecule has 4 heteroatoms. The highest BCUT2D eigenvalue weighted by Crippen LogP contribution is 2.47. The van der Waals surface area contributed by atoms with Crippen molar-refractivity contribution in [2.45, 2.75) is 25.4 Å². The van der Waals surface area contributed by atoms with Crippen molar-refractivity contribution < 1.29 is 14.3 Å². The van der Waals surface area contributed by atoms with Crippen LogP contribution in [0, 0.1) is 0 Å². The van der Waals surface area contributed by atoms with Gasteiger partial charge in [-0.3, -0.25) is 0 Å². The third-order valence-electron chi connectivity index (χ3n) is 9.67. The van der Waals surface area contributed by atoms with Gasteiger partial charge in [-0.05, 0) is 83.8 Å². The molecule has 8 rings (SSSR count). The summed E-state index contributed by atoms with van der Waals surface area (Å²) in [5, 5.41) is 1.86. The van der Waals surface area contributed by atoms with Crippen LogP contribution in [0.15, 0.2) is 140 Å². The summed E-state index contributed by atoms with van der Waals surface area (Å²) in [6.45, 7) is 4.31. The van der Waals surface area contributed by atoms with Crippen molar-refractivity contribution >= 4 is 28.5 Å². The zero-order valence-corrected chi connectivity index (χ0v) is 27.1. The van der Waals surface area contributed by atoms with Crippen LogP contribution in [-0.2, 0) is 10.3 Å². The Morgan fingerprint density at radius 1 is 0.708 bits per heavy atom. The number of benzene rings is 6. The van der Waals surface area contributed by atoms with Gasteiger partial charge >= 0.3 is 5.97 Å². The van der Waals surface area contributed by atoms with Gasteiger partial charge in [0.05, 0.1) is 12.2 Å². The number of esters is 1. The van der Waals surface area contributed by atoms with Crippen molar-refractivity contribution in [3.63, 3.8) is 0 Å². The van der Waals surface area contributed by atoms with Crippen molar-refractivity contribution in [1.82, 2.24) is 0 Å². The first-order valence-corrected chi connectivity index (χ1v) is 16.9. The summed E-state index contributed by atoms with van der Waals surface area (Å²) in [5.74, 6) is 0.320. The Morgan fingerprint density at radius 3 is 2.00 bits per heavy atom. The number of anilines is 1. The van der Waals surface area contributed by atoms with Gasteiger partial charge in [-0.2, -0.15) is 0 Å². The van der Waals surface area contributed by atoms with Gasteiger partial charge in [0.15, 0.2) is 5.60 Å². The molecule has 1 atom stereocenters. The van der Waals surface area contributed by atoms with Crippen LogP contribution in [0.25, 0.3) is 39.1 Å². The lowest BCUT2D eigenvalue weighted by molar-refractivity contribution is 0.0525. The maximum atomic E-state index is 13.4. The van der Waals surface area contributed by atoms with E-state index in [4.69, 9.17) is 9.47 Å². The topological polar surface area (TPSA) is 38.8 Å². The normalized spacial score (nSPS) is 16.8. The number of rotatable bonds is 7. The molecule has 4 nitrogen and oxygen atoms in total. The zero-order valence-electron chi connectivity index (χ0n) is 27.1. The molecule has 236 valence electrons. The Hall–Kier alpha value is -5.61. The summed E-state index contributed by atoms with van der Waals surface area (Å²) >= 11 is 0. The van der Waals surface area contributed by atoms with Crippen molar-refractivity contribution in [2.75, 3.05) is 24.6 Å². The smallest absolute Gasteiger partial charge is 0.338 e. The molecule has 0 bridgehead atoms. The molecule has 1 fully saturated rings. The van der Waals surface area contributed by atoms with E-state index in [0.29, 0.717) is 17.9 Å². The molecular formula is C44H37NO3. The minimum atomic E-state index is -0.885. The molecule has 6 aromatic rings. The number of nitrogens with zero attached hydrogens (tertiary/aromatic N) is 1. The van der Waals surface area contributed by atoms with E-state index in [2.05, 4.69) is 114 Å². The maximum Gasteiger partial charge on any atom is 0.338 e. The van der Waals surface area contributed by atoms with E-state index in [1.54, 1.807) is 0 Å². The van der Waals surface area contributed by atoms with E-state index in [0.717, 1.165) is 51.7 Å². The van der Waals surface area contributed by atoms with E-state index in [-0.39, 0.29) is 5.97 Å². The Bertz CT molecular complexity index is 2110. The minimum absolute atomic E-state index is 0.293. The molecule has 2 aliphatic rings. The summed E-state index contributed by atoms with van der Waals surface area (Å²) in [6.07, 6.45) is 6.60. The molecule has 0 aliphatic carbocycles. The average Bonchev–Trinajstić information content (AvgIpc) is 3.70. The molecule has 0 radical (unpaired) electrons. The van der Waals surface area contributed by atoms with Crippen LogP contribution in [0.3, 0.4) is 0 Å². The van der Waals surface area contributed by atoms with Gasteiger partial charge in [0.25, 0.3) is 0 Å². The van der Waals surface area contributed by atoms with E-state index in [1.807, 2.05) is 43.3 Å². The molecule has 48 heavy (non-hydrogen) atoms. The third kappa shape index (κ3) is 5.33. The molecule has 0 aromatic heterocycles. The SMILES string of the molecule is CCOC(=O)c1cc2cc(-c3ccc(-c4ccccc4)cc3)ccc2c2c1C=CC(c1ccccc1)(c1ccc(N3CCCC3)cc1)O2. The van der Waals surface area contributed by atoms with E-state index < -0.39 is 5.60 Å². The van der Waals surface area contributed by atoms with Crippen molar-refractivity contribution in [2.24, 2.45) is 0 Å². The number of hydrogen-bond acceptors (Lipinski definition) is 4. The van der Waals surface area contributed by atoms with Crippen molar-refractivity contribution in [1.29, 1.82) is 0 Å². The molecule has 0 N–H and O–H groups in total. The van der Waals surface area contributed by atoms with Gasteiger partial charge in [-0.25, -0.2) is 4.79 Å². The lowest BCUT2D eigenvalue weighted by Gasteiger charge is -2.37. The van der Waals surface area contributed by atoms with E-state index >= 15 is 0 Å². The predicted molar refractivity (Wildman–Crippen MR) is 196 cm³/mol. The van der Waals surface area contributed by atoms with Crippen molar-refractivity contribution in [3.05, 3.63) is 162 Å². The molecule has 1 saturated heterocycles. The maximum absolute atomic E-state index is 13.4. The Labute approximate surface area is 281 Å². The summed E-state index contributed by atoms with van der Waals surface area (Å²) < 4.78 is 12.8. The highest BCUT2D eigenvalue weighted by Gasteiger charge is 2.39. The monoisotopic (exact) mass is 627 g/mol. The highest BCUT2D eigenvalue weighted by atomic mass is 16.5. The Balaban J connectivity index is 1.25. The minimum Gasteiger partial charge on any atom is -0.472 e. The van der Waals surface area contributed by atoms with E-state index in [9.17, 15) is 4.79 Å². The predicted octanol–water partition coefficient (Wildman–Crippen LogP) is 10.3. The van der Waals surface area contributed by atoms with Gasteiger partial charge in [-0.1, -0.05) is 109 Å². The van der Waals surface area contributed by atoms with Gasteiger partial charge in [0.1, 0.15) is 5.75 Å². The number of hydrogen-bond donors (Lipinski definition) is 0. The van der Waals surface area contributed by atoms with Crippen LogP contribution in [0.4, 0.5) is 5.69 Å².